The molecule has 72 valence electrons. The molecule has 0 aliphatic heterocycles. The van der Waals surface area contributed by atoms with Gasteiger partial charge in [-0.1, -0.05) is 17.7 Å². The molecule has 1 aromatic rings. The molecule has 0 aliphatic carbocycles. The van der Waals surface area contributed by atoms with Crippen molar-refractivity contribution in [2.45, 2.75) is 6.92 Å². The van der Waals surface area contributed by atoms with Gasteiger partial charge in [0, 0.05) is 5.92 Å². The van der Waals surface area contributed by atoms with Crippen LogP contribution in [0.2, 0.25) is 0 Å². The number of hydrogen-bond donors (Lipinski definition) is 1. The predicted molar refractivity (Wildman–Crippen MR) is 52.1 cm³/mol. The fraction of sp³-hybridized carbons (Fsp3) is 0.182. The molecule has 0 heterocycles. The summed E-state index contributed by atoms with van der Waals surface area (Å²) in [4.78, 5) is 10.0. The predicted octanol–water partition coefficient (Wildman–Crippen LogP) is 1.46. The molecule has 0 amide bonds. The van der Waals surface area contributed by atoms with Crippen molar-refractivity contribution in [3.63, 3.8) is 0 Å². The van der Waals surface area contributed by atoms with Gasteiger partial charge in [-0.15, -0.1) is 0 Å². The Labute approximate surface area is 82.3 Å². The lowest BCUT2D eigenvalue weighted by Gasteiger charge is -2.00. The average molecular weight is 190 g/mol. The number of aryl methyl sites for hydroxylation is 1. The SMILES string of the molecule is Cc1ccc(OCC#CC(=O)O)cc1. The smallest absolute Gasteiger partial charge is 0.382 e. The third-order valence-corrected chi connectivity index (χ3v) is 1.53. The second kappa shape index (κ2) is 4.93. The highest BCUT2D eigenvalue weighted by Crippen LogP contribution is 2.10. The minimum Gasteiger partial charge on any atom is -0.481 e. The number of carboxylic acids is 1. The first kappa shape index (κ1) is 10.1. The van der Waals surface area contributed by atoms with E-state index in [4.69, 9.17) is 9.84 Å². The molecule has 0 bridgehead atoms. The summed E-state index contributed by atoms with van der Waals surface area (Å²) in [6.45, 7) is 2.07. The lowest BCUT2D eigenvalue weighted by atomic mass is 10.2. The molecule has 3 nitrogen and oxygen atoms in total. The van der Waals surface area contributed by atoms with Crippen molar-refractivity contribution >= 4 is 5.97 Å². The molecule has 0 atom stereocenters. The number of ether oxygens (including phenoxy) is 1. The summed E-state index contributed by atoms with van der Waals surface area (Å²) in [5.74, 6) is 3.89. The van der Waals surface area contributed by atoms with Crippen LogP contribution in [0.4, 0.5) is 0 Å². The Balaban J connectivity index is 2.44. The second-order valence-corrected chi connectivity index (χ2v) is 2.71. The standard InChI is InChI=1S/C11H10O3/c1-9-4-6-10(7-5-9)14-8-2-3-11(12)13/h4-7H,8H2,1H3,(H,12,13). The molecule has 1 rings (SSSR count). The Morgan fingerprint density at radius 2 is 2.07 bits per heavy atom. The van der Waals surface area contributed by atoms with Crippen LogP contribution < -0.4 is 4.74 Å². The van der Waals surface area contributed by atoms with Gasteiger partial charge < -0.3 is 9.84 Å². The Kier molecular flexibility index (Phi) is 3.57. The van der Waals surface area contributed by atoms with Gasteiger partial charge in [0.05, 0.1) is 0 Å². The van der Waals surface area contributed by atoms with Crippen molar-refractivity contribution in [2.24, 2.45) is 0 Å². The molecule has 0 saturated heterocycles. The van der Waals surface area contributed by atoms with Gasteiger partial charge in [-0.3, -0.25) is 0 Å². The van der Waals surface area contributed by atoms with E-state index in [1.807, 2.05) is 37.1 Å². The Bertz CT molecular complexity index is 368. The maximum Gasteiger partial charge on any atom is 0.382 e. The van der Waals surface area contributed by atoms with Gasteiger partial charge in [0.25, 0.3) is 0 Å². The van der Waals surface area contributed by atoms with Gasteiger partial charge in [0.2, 0.25) is 0 Å². The highest BCUT2D eigenvalue weighted by atomic mass is 16.5. The van der Waals surface area contributed by atoms with E-state index in [1.165, 1.54) is 0 Å². The molecule has 0 spiro atoms. The van der Waals surface area contributed by atoms with Crippen LogP contribution in [0.15, 0.2) is 24.3 Å². The largest absolute Gasteiger partial charge is 0.481 e. The van der Waals surface area contributed by atoms with E-state index >= 15 is 0 Å². The molecule has 0 radical (unpaired) electrons. The van der Waals surface area contributed by atoms with Crippen LogP contribution in [0.5, 0.6) is 5.75 Å². The Hall–Kier alpha value is -1.95. The zero-order valence-corrected chi connectivity index (χ0v) is 7.78. The number of benzene rings is 1. The molecule has 1 aromatic carbocycles. The molecule has 0 saturated carbocycles. The lowest BCUT2D eigenvalue weighted by molar-refractivity contribution is -0.130. The molecule has 0 fully saturated rings. The number of carbonyl (C=O) groups is 1. The van der Waals surface area contributed by atoms with Crippen LogP contribution in [-0.2, 0) is 4.79 Å². The van der Waals surface area contributed by atoms with E-state index in [-0.39, 0.29) is 6.61 Å². The van der Waals surface area contributed by atoms with Crippen molar-refractivity contribution < 1.29 is 14.6 Å². The van der Waals surface area contributed by atoms with Crippen LogP contribution in [-0.4, -0.2) is 17.7 Å². The van der Waals surface area contributed by atoms with Crippen molar-refractivity contribution in [2.75, 3.05) is 6.61 Å². The third-order valence-electron chi connectivity index (χ3n) is 1.53. The summed E-state index contributed by atoms with van der Waals surface area (Å²) in [7, 11) is 0. The summed E-state index contributed by atoms with van der Waals surface area (Å²) >= 11 is 0. The highest BCUT2D eigenvalue weighted by Gasteiger charge is 1.90. The van der Waals surface area contributed by atoms with Gasteiger partial charge >= 0.3 is 5.97 Å². The first-order valence-electron chi connectivity index (χ1n) is 4.10. The van der Waals surface area contributed by atoms with E-state index in [1.54, 1.807) is 0 Å². The average Bonchev–Trinajstić information content (AvgIpc) is 2.15. The Morgan fingerprint density at radius 3 is 2.64 bits per heavy atom. The monoisotopic (exact) mass is 190 g/mol. The van der Waals surface area contributed by atoms with Crippen LogP contribution in [0, 0.1) is 18.8 Å². The number of carboxylic acid groups (broad SMARTS) is 1. The molecule has 0 unspecified atom stereocenters. The summed E-state index contributed by atoms with van der Waals surface area (Å²) in [5.41, 5.74) is 1.15. The van der Waals surface area contributed by atoms with Crippen LogP contribution in [0.25, 0.3) is 0 Å². The molecule has 14 heavy (non-hydrogen) atoms. The van der Waals surface area contributed by atoms with Crippen LogP contribution in [0.1, 0.15) is 5.56 Å². The Morgan fingerprint density at radius 1 is 1.43 bits per heavy atom. The zero-order chi connectivity index (χ0) is 10.4. The maximum atomic E-state index is 10.0. The molecule has 3 heteroatoms. The minimum absolute atomic E-state index is 0.0926. The topological polar surface area (TPSA) is 46.5 Å². The van der Waals surface area contributed by atoms with Crippen molar-refractivity contribution in [1.29, 1.82) is 0 Å². The van der Waals surface area contributed by atoms with Crippen molar-refractivity contribution in [3.05, 3.63) is 29.8 Å². The number of aliphatic carboxylic acids is 1. The number of hydrogen-bond acceptors (Lipinski definition) is 2. The summed E-state index contributed by atoms with van der Waals surface area (Å²) < 4.78 is 5.17. The van der Waals surface area contributed by atoms with Gasteiger partial charge in [-0.05, 0) is 25.0 Å². The van der Waals surface area contributed by atoms with Gasteiger partial charge in [-0.2, -0.15) is 0 Å². The van der Waals surface area contributed by atoms with Gasteiger partial charge in [-0.25, -0.2) is 4.79 Å². The summed E-state index contributed by atoms with van der Waals surface area (Å²) in [6.07, 6.45) is 0. The normalized spacial score (nSPS) is 8.64. The first-order valence-corrected chi connectivity index (χ1v) is 4.10. The third kappa shape index (κ3) is 3.63. The number of rotatable bonds is 2. The quantitative estimate of drug-likeness (QED) is 0.718. The van der Waals surface area contributed by atoms with E-state index in [0.29, 0.717) is 5.75 Å². The second-order valence-electron chi connectivity index (χ2n) is 2.71. The molecular weight excluding hydrogens is 180 g/mol. The molecule has 0 aliphatic rings. The van der Waals surface area contributed by atoms with Gasteiger partial charge in [0.15, 0.2) is 0 Å². The summed E-state index contributed by atoms with van der Waals surface area (Å²) in [5, 5.41) is 8.22. The van der Waals surface area contributed by atoms with E-state index in [2.05, 4.69) is 5.92 Å². The molecular formula is C11H10O3. The van der Waals surface area contributed by atoms with E-state index in [0.717, 1.165) is 5.56 Å². The van der Waals surface area contributed by atoms with Crippen molar-refractivity contribution in [1.82, 2.24) is 0 Å². The van der Waals surface area contributed by atoms with Crippen molar-refractivity contribution in [3.8, 4) is 17.6 Å². The summed E-state index contributed by atoms with van der Waals surface area (Å²) in [6, 6.07) is 7.47. The van der Waals surface area contributed by atoms with Gasteiger partial charge in [0.1, 0.15) is 12.4 Å². The molecule has 0 aromatic heterocycles. The maximum absolute atomic E-state index is 10.0. The highest BCUT2D eigenvalue weighted by molar-refractivity contribution is 5.86. The lowest BCUT2D eigenvalue weighted by Crippen LogP contribution is -1.95. The van der Waals surface area contributed by atoms with Crippen LogP contribution in [0.3, 0.4) is 0 Å². The minimum atomic E-state index is -1.14. The zero-order valence-electron chi connectivity index (χ0n) is 7.78. The first-order chi connectivity index (χ1) is 6.68. The molecule has 1 N–H and O–H groups in total. The van der Waals surface area contributed by atoms with E-state index in [9.17, 15) is 4.79 Å². The fourth-order valence-electron chi connectivity index (χ4n) is 0.866. The van der Waals surface area contributed by atoms with E-state index < -0.39 is 5.97 Å². The fourth-order valence-corrected chi connectivity index (χ4v) is 0.866. The van der Waals surface area contributed by atoms with Crippen LogP contribution >= 0.6 is 0 Å².